The molecule has 2 aromatic carbocycles. The van der Waals surface area contributed by atoms with E-state index in [0.717, 1.165) is 35.6 Å². The summed E-state index contributed by atoms with van der Waals surface area (Å²) in [6.45, 7) is 5.68. The first-order valence-electron chi connectivity index (χ1n) is 9.04. The van der Waals surface area contributed by atoms with Crippen LogP contribution in [0.5, 0.6) is 17.2 Å². The van der Waals surface area contributed by atoms with Gasteiger partial charge in [-0.15, -0.1) is 0 Å². The van der Waals surface area contributed by atoms with Gasteiger partial charge in [-0.3, -0.25) is 0 Å². The number of para-hydroxylation sites is 2. The number of aliphatic hydroxyl groups excluding tert-OH is 1. The minimum atomic E-state index is -0.560. The average molecular weight is 358 g/mol. The number of quaternary nitrogens is 1. The predicted octanol–water partition coefficient (Wildman–Crippen LogP) is 1.91. The monoisotopic (exact) mass is 358 g/mol. The molecule has 1 aliphatic heterocycles. The van der Waals surface area contributed by atoms with Gasteiger partial charge in [0.15, 0.2) is 11.5 Å². The zero-order valence-corrected chi connectivity index (χ0v) is 15.7. The van der Waals surface area contributed by atoms with E-state index >= 15 is 0 Å². The summed E-state index contributed by atoms with van der Waals surface area (Å²) in [4.78, 5) is 0. The van der Waals surface area contributed by atoms with Crippen LogP contribution in [-0.4, -0.2) is 37.1 Å². The largest absolute Gasteiger partial charge is 0.496 e. The number of ether oxygens (including phenoxy) is 3. The molecule has 0 unspecified atom stereocenters. The highest BCUT2D eigenvalue weighted by molar-refractivity contribution is 5.50. The van der Waals surface area contributed by atoms with Crippen LogP contribution < -0.4 is 19.5 Å². The van der Waals surface area contributed by atoms with Crippen molar-refractivity contribution in [1.82, 2.24) is 0 Å². The molecule has 3 rings (SSSR count). The van der Waals surface area contributed by atoms with E-state index in [9.17, 15) is 5.11 Å². The van der Waals surface area contributed by atoms with Gasteiger partial charge in [-0.05, 0) is 32.0 Å². The highest BCUT2D eigenvalue weighted by atomic mass is 16.5. The second-order valence-corrected chi connectivity index (χ2v) is 7.29. The molecule has 2 aromatic rings. The summed E-state index contributed by atoms with van der Waals surface area (Å²) in [6.07, 6.45) is 0.310. The number of aliphatic hydroxyl groups is 1. The Morgan fingerprint density at radius 3 is 2.73 bits per heavy atom. The number of benzene rings is 2. The van der Waals surface area contributed by atoms with Crippen LogP contribution in [0.15, 0.2) is 42.5 Å². The molecular weight excluding hydrogens is 330 g/mol. The fourth-order valence-electron chi connectivity index (χ4n) is 3.26. The number of methoxy groups -OCH3 is 1. The molecule has 26 heavy (non-hydrogen) atoms. The minimum Gasteiger partial charge on any atom is -0.496 e. The molecule has 5 nitrogen and oxygen atoms in total. The van der Waals surface area contributed by atoms with Crippen molar-refractivity contribution in [2.75, 3.05) is 20.3 Å². The summed E-state index contributed by atoms with van der Waals surface area (Å²) < 4.78 is 17.2. The van der Waals surface area contributed by atoms with Crippen molar-refractivity contribution < 1.29 is 24.6 Å². The third kappa shape index (κ3) is 4.48. The topological polar surface area (TPSA) is 64.5 Å². The van der Waals surface area contributed by atoms with E-state index < -0.39 is 6.10 Å². The second-order valence-electron chi connectivity index (χ2n) is 7.29. The van der Waals surface area contributed by atoms with E-state index in [-0.39, 0.29) is 12.2 Å². The van der Waals surface area contributed by atoms with Gasteiger partial charge in [0.2, 0.25) is 0 Å². The third-order valence-corrected chi connectivity index (χ3v) is 4.48. The van der Waals surface area contributed by atoms with E-state index in [4.69, 9.17) is 14.2 Å². The van der Waals surface area contributed by atoms with E-state index in [1.165, 1.54) is 0 Å². The molecule has 0 aromatic heterocycles. The third-order valence-electron chi connectivity index (χ3n) is 4.48. The Morgan fingerprint density at radius 1 is 1.15 bits per heavy atom. The van der Waals surface area contributed by atoms with Gasteiger partial charge in [-0.2, -0.15) is 0 Å². The maximum atomic E-state index is 10.2. The maximum absolute atomic E-state index is 10.2. The van der Waals surface area contributed by atoms with Gasteiger partial charge in [-0.1, -0.05) is 24.3 Å². The Kier molecular flexibility index (Phi) is 5.69. The van der Waals surface area contributed by atoms with Crippen LogP contribution >= 0.6 is 0 Å². The van der Waals surface area contributed by atoms with E-state index in [1.807, 2.05) is 36.4 Å². The lowest BCUT2D eigenvalue weighted by atomic mass is 10.0. The molecule has 1 atom stereocenters. The van der Waals surface area contributed by atoms with Gasteiger partial charge < -0.3 is 24.6 Å². The van der Waals surface area contributed by atoms with Crippen molar-refractivity contribution in [3.8, 4) is 17.2 Å². The molecule has 0 aliphatic carbocycles. The molecule has 0 fully saturated rings. The van der Waals surface area contributed by atoms with Crippen LogP contribution in [0, 0.1) is 0 Å². The highest BCUT2D eigenvalue weighted by Crippen LogP contribution is 2.41. The van der Waals surface area contributed by atoms with Crippen LogP contribution in [0.25, 0.3) is 0 Å². The lowest BCUT2D eigenvalue weighted by Gasteiger charge is -2.18. The summed E-state index contributed by atoms with van der Waals surface area (Å²) in [7, 11) is 1.67. The number of nitrogens with two attached hydrogens (primary N) is 1. The van der Waals surface area contributed by atoms with Gasteiger partial charge in [0.1, 0.15) is 37.2 Å². The van der Waals surface area contributed by atoms with Crippen LogP contribution in [0.1, 0.15) is 25.0 Å². The molecule has 5 heteroatoms. The second kappa shape index (κ2) is 7.98. The molecular formula is C21H28NO4+. The summed E-state index contributed by atoms with van der Waals surface area (Å²) >= 11 is 0. The van der Waals surface area contributed by atoms with Crippen molar-refractivity contribution in [3.63, 3.8) is 0 Å². The summed E-state index contributed by atoms with van der Waals surface area (Å²) in [5, 5.41) is 12.3. The quantitative estimate of drug-likeness (QED) is 0.757. The first-order valence-corrected chi connectivity index (χ1v) is 9.04. The molecule has 0 saturated carbocycles. The van der Waals surface area contributed by atoms with Crippen LogP contribution in [0.4, 0.5) is 0 Å². The van der Waals surface area contributed by atoms with Crippen molar-refractivity contribution in [2.45, 2.75) is 38.5 Å². The van der Waals surface area contributed by atoms with Gasteiger partial charge in [0.05, 0.1) is 7.11 Å². The smallest absolute Gasteiger partial charge is 0.165 e. The summed E-state index contributed by atoms with van der Waals surface area (Å²) in [6, 6.07) is 13.8. The minimum absolute atomic E-state index is 0.205. The molecule has 0 saturated heterocycles. The standard InChI is InChI=1S/C21H27NO4/c1-21(2)11-15-8-6-10-19(20(15)26-21)25-14-17(23)13-22-12-16-7-4-5-9-18(16)24-3/h4-10,17,22-23H,11-14H2,1-3H3/p+1/t17-/m0/s1. The molecule has 0 amide bonds. The first kappa shape index (κ1) is 18.5. The average Bonchev–Trinajstić information content (AvgIpc) is 2.94. The molecule has 140 valence electrons. The maximum Gasteiger partial charge on any atom is 0.165 e. The number of rotatable bonds is 8. The van der Waals surface area contributed by atoms with Gasteiger partial charge in [0, 0.05) is 17.5 Å². The Morgan fingerprint density at radius 2 is 1.92 bits per heavy atom. The molecule has 1 heterocycles. The predicted molar refractivity (Wildman–Crippen MR) is 99.8 cm³/mol. The fraction of sp³-hybridized carbons (Fsp3) is 0.429. The molecule has 0 bridgehead atoms. The summed E-state index contributed by atoms with van der Waals surface area (Å²) in [5.74, 6) is 2.38. The number of fused-ring (bicyclic) bond motifs is 1. The lowest BCUT2D eigenvalue weighted by molar-refractivity contribution is -0.676. The highest BCUT2D eigenvalue weighted by Gasteiger charge is 2.32. The SMILES string of the molecule is COc1ccccc1C[NH2+]C[C@H](O)COc1cccc2c1OC(C)(C)C2. The van der Waals surface area contributed by atoms with Crippen LogP contribution in [-0.2, 0) is 13.0 Å². The Bertz CT molecular complexity index is 745. The first-order chi connectivity index (χ1) is 12.5. The van der Waals surface area contributed by atoms with Gasteiger partial charge in [0.25, 0.3) is 0 Å². The molecule has 0 spiro atoms. The zero-order valence-electron chi connectivity index (χ0n) is 15.7. The molecule has 3 N–H and O–H groups in total. The van der Waals surface area contributed by atoms with Crippen molar-refractivity contribution >= 4 is 0 Å². The van der Waals surface area contributed by atoms with Crippen molar-refractivity contribution in [1.29, 1.82) is 0 Å². The van der Waals surface area contributed by atoms with E-state index in [2.05, 4.69) is 25.2 Å². The van der Waals surface area contributed by atoms with Crippen LogP contribution in [0.3, 0.4) is 0 Å². The van der Waals surface area contributed by atoms with Gasteiger partial charge in [-0.25, -0.2) is 0 Å². The van der Waals surface area contributed by atoms with Crippen molar-refractivity contribution in [2.24, 2.45) is 0 Å². The van der Waals surface area contributed by atoms with Crippen molar-refractivity contribution in [3.05, 3.63) is 53.6 Å². The molecule has 0 radical (unpaired) electrons. The molecule has 1 aliphatic rings. The van der Waals surface area contributed by atoms with E-state index in [1.54, 1.807) is 7.11 Å². The lowest BCUT2D eigenvalue weighted by Crippen LogP contribution is -2.85. The number of hydrogen-bond acceptors (Lipinski definition) is 4. The number of hydrogen-bond donors (Lipinski definition) is 2. The fourth-order valence-corrected chi connectivity index (χ4v) is 3.26. The normalized spacial score (nSPS) is 15.8. The van der Waals surface area contributed by atoms with E-state index in [0.29, 0.717) is 12.3 Å². The van der Waals surface area contributed by atoms with Gasteiger partial charge >= 0.3 is 0 Å². The van der Waals surface area contributed by atoms with Crippen LogP contribution in [0.2, 0.25) is 0 Å². The zero-order chi connectivity index (χ0) is 18.6. The summed E-state index contributed by atoms with van der Waals surface area (Å²) in [5.41, 5.74) is 2.06. The Labute approximate surface area is 154 Å². The Hall–Kier alpha value is -2.24. The Balaban J connectivity index is 1.48.